The smallest absolute Gasteiger partial charge is 0.254 e. The Labute approximate surface area is 395 Å². The second-order valence-electron chi connectivity index (χ2n) is 17.1. The van der Waals surface area contributed by atoms with E-state index in [0.29, 0.717) is 10.6 Å². The van der Waals surface area contributed by atoms with Crippen molar-refractivity contribution >= 4 is 59.1 Å². The van der Waals surface area contributed by atoms with E-state index in [1.807, 2.05) is 18.2 Å². The first kappa shape index (κ1) is 53.8. The van der Waals surface area contributed by atoms with Crippen LogP contribution in [-0.4, -0.2) is 129 Å². The molecule has 4 atom stereocenters. The van der Waals surface area contributed by atoms with Gasteiger partial charge in [0.2, 0.25) is 47.3 Å². The van der Waals surface area contributed by atoms with Crippen LogP contribution in [0.2, 0.25) is 0 Å². The van der Waals surface area contributed by atoms with E-state index >= 15 is 4.39 Å². The predicted octanol–water partition coefficient (Wildman–Crippen LogP) is -0.838. The minimum absolute atomic E-state index is 0.0722. The number of benzene rings is 2. The highest BCUT2D eigenvalue weighted by Gasteiger charge is 2.39. The van der Waals surface area contributed by atoms with Gasteiger partial charge in [-0.15, -0.1) is 0 Å². The molecule has 10 N–H and O–H groups in total. The van der Waals surface area contributed by atoms with E-state index in [0.717, 1.165) is 42.8 Å². The Hall–Kier alpha value is -7.82. The number of rotatable bonds is 24. The van der Waals surface area contributed by atoms with Crippen molar-refractivity contribution < 1.29 is 61.8 Å². The number of aliphatic hydroxyl groups is 1. The summed E-state index contributed by atoms with van der Waals surface area (Å²) in [4.78, 5) is 129. The number of imide groups is 1. The van der Waals surface area contributed by atoms with E-state index < -0.39 is 139 Å². The van der Waals surface area contributed by atoms with Gasteiger partial charge in [0.05, 0.1) is 18.9 Å². The Bertz CT molecular complexity index is 2440. The number of nitrogens with two attached hydrogens (primary N) is 2. The first-order chi connectivity index (χ1) is 32.5. The molecule has 69 heavy (non-hydrogen) atoms. The summed E-state index contributed by atoms with van der Waals surface area (Å²) in [7, 11) is 0. The number of hydrogen-bond acceptors (Lipinski definition) is 11. The fraction of sp³-hybridized carbons (Fsp3) is 0.391. The van der Waals surface area contributed by atoms with Crippen molar-refractivity contribution in [3.05, 3.63) is 95.8 Å². The number of carbonyl (C=O) groups excluding carboxylic acids is 10. The highest BCUT2D eigenvalue weighted by molar-refractivity contribution is 6.14. The number of amides is 10. The predicted molar refractivity (Wildman–Crippen MR) is 242 cm³/mol. The molecule has 2 aromatic carbocycles. The summed E-state index contributed by atoms with van der Waals surface area (Å²) in [6.45, 7) is 4.04. The summed E-state index contributed by atoms with van der Waals surface area (Å²) in [5.41, 5.74) is 11.2. The van der Waals surface area contributed by atoms with E-state index in [2.05, 4.69) is 26.6 Å². The van der Waals surface area contributed by atoms with Gasteiger partial charge in [-0.05, 0) is 41.7 Å². The Morgan fingerprint density at radius 2 is 1.35 bits per heavy atom. The van der Waals surface area contributed by atoms with Gasteiger partial charge in [-0.25, -0.2) is 8.78 Å². The van der Waals surface area contributed by atoms with Crippen LogP contribution in [0.3, 0.4) is 0 Å². The molecule has 3 aromatic rings. The normalized spacial score (nSPS) is 14.0. The highest BCUT2D eigenvalue weighted by Crippen LogP contribution is 2.41. The molecule has 0 aliphatic carbocycles. The number of primary amides is 2. The molecule has 0 spiro atoms. The van der Waals surface area contributed by atoms with Crippen molar-refractivity contribution in [2.24, 2.45) is 16.9 Å². The lowest BCUT2D eigenvalue weighted by atomic mass is 9.82. The van der Waals surface area contributed by atoms with Gasteiger partial charge >= 0.3 is 0 Å². The highest BCUT2D eigenvalue weighted by atomic mass is 19.1. The molecular weight excluding hydrogens is 907 g/mol. The molecule has 1 aliphatic rings. The van der Waals surface area contributed by atoms with Crippen LogP contribution in [0.4, 0.5) is 8.78 Å². The first-order valence-corrected chi connectivity index (χ1v) is 21.6. The third-order valence-corrected chi connectivity index (χ3v) is 10.6. The Kier molecular flexibility index (Phi) is 18.9. The van der Waals surface area contributed by atoms with E-state index in [1.54, 1.807) is 49.7 Å². The van der Waals surface area contributed by atoms with Crippen LogP contribution in [0.25, 0.3) is 11.1 Å². The second-order valence-corrected chi connectivity index (χ2v) is 17.1. The van der Waals surface area contributed by atoms with Crippen molar-refractivity contribution in [2.75, 3.05) is 32.8 Å². The van der Waals surface area contributed by atoms with Gasteiger partial charge in [-0.3, -0.25) is 52.8 Å². The van der Waals surface area contributed by atoms with E-state index in [9.17, 15) is 57.4 Å². The van der Waals surface area contributed by atoms with Crippen LogP contribution < -0.4 is 38.1 Å². The molecule has 0 bridgehead atoms. The number of halogens is 2. The van der Waals surface area contributed by atoms with Crippen LogP contribution in [0.5, 0.6) is 0 Å². The van der Waals surface area contributed by atoms with Crippen molar-refractivity contribution in [3.8, 4) is 11.1 Å². The average Bonchev–Trinajstić information content (AvgIpc) is 3.82. The van der Waals surface area contributed by atoms with Crippen LogP contribution in [0.1, 0.15) is 64.3 Å². The Balaban J connectivity index is 1.71. The summed E-state index contributed by atoms with van der Waals surface area (Å²) in [5.74, 6) is -10.4. The summed E-state index contributed by atoms with van der Waals surface area (Å²) in [6, 6.07) is 7.67. The van der Waals surface area contributed by atoms with Gasteiger partial charge in [0.25, 0.3) is 11.8 Å². The van der Waals surface area contributed by atoms with Gasteiger partial charge in [0.1, 0.15) is 42.9 Å². The van der Waals surface area contributed by atoms with Crippen LogP contribution in [0.15, 0.2) is 72.9 Å². The first-order valence-electron chi connectivity index (χ1n) is 21.6. The molecule has 0 fully saturated rings. The third-order valence-electron chi connectivity index (χ3n) is 10.6. The number of nitrogens with zero attached hydrogens (tertiary/aromatic N) is 3. The summed E-state index contributed by atoms with van der Waals surface area (Å²) >= 11 is 0. The van der Waals surface area contributed by atoms with Gasteiger partial charge in [-0.1, -0.05) is 51.1 Å². The molecule has 0 saturated carbocycles. The number of carbonyl (C=O) groups is 10. The fourth-order valence-electron chi connectivity index (χ4n) is 7.55. The topological polar surface area (TPSA) is 315 Å². The van der Waals surface area contributed by atoms with Crippen molar-refractivity contribution in [2.45, 2.75) is 77.7 Å². The Morgan fingerprint density at radius 1 is 0.768 bits per heavy atom. The maximum Gasteiger partial charge on any atom is 0.254 e. The summed E-state index contributed by atoms with van der Waals surface area (Å²) in [5, 5.41) is 22.3. The molecule has 370 valence electrons. The van der Waals surface area contributed by atoms with Crippen molar-refractivity contribution in [1.29, 1.82) is 0 Å². The molecule has 2 heterocycles. The monoisotopic (exact) mass is 962 g/mol. The summed E-state index contributed by atoms with van der Waals surface area (Å²) < 4.78 is 31.6. The molecule has 21 nitrogen and oxygen atoms in total. The minimum atomic E-state index is -1.81. The second kappa shape index (κ2) is 24.3. The number of aromatic nitrogens is 1. The minimum Gasteiger partial charge on any atom is -0.387 e. The van der Waals surface area contributed by atoms with Crippen LogP contribution in [-0.2, 0) is 54.5 Å². The lowest BCUT2D eigenvalue weighted by Gasteiger charge is -2.41. The van der Waals surface area contributed by atoms with Gasteiger partial charge < -0.3 is 52.6 Å². The molecular formula is C46H56F2N10O11. The third kappa shape index (κ3) is 15.6. The molecule has 23 heteroatoms. The fourth-order valence-corrected chi connectivity index (χ4v) is 7.55. The van der Waals surface area contributed by atoms with Crippen LogP contribution in [0, 0.1) is 17.0 Å². The SMILES string of the molecule is CC(=O)N[C@H](CC(N)=O)C(=O)N[C@@H](CC(N)=O)C(=O)N[C@@H](CCN(C(=O)CO)[C@@H](c1cc(-c2cc(F)ccc2F)cn1Cc1ccccc1)C(C)(C)C)C(=O)NCCNC(=O)CN1C(=O)C=CC1=O. The Morgan fingerprint density at radius 3 is 1.91 bits per heavy atom. The van der Waals surface area contributed by atoms with Gasteiger partial charge in [0.15, 0.2) is 0 Å². The van der Waals surface area contributed by atoms with Crippen LogP contribution >= 0.6 is 0 Å². The number of nitrogens with one attached hydrogen (secondary N) is 5. The van der Waals surface area contributed by atoms with E-state index in [4.69, 9.17) is 11.5 Å². The zero-order valence-corrected chi connectivity index (χ0v) is 38.4. The molecule has 0 radical (unpaired) electrons. The van der Waals surface area contributed by atoms with E-state index in [1.165, 1.54) is 4.90 Å². The maximum atomic E-state index is 15.3. The molecule has 10 amide bonds. The number of hydrogen-bond donors (Lipinski definition) is 8. The summed E-state index contributed by atoms with van der Waals surface area (Å²) in [6.07, 6.45) is 1.63. The van der Waals surface area contributed by atoms with Crippen molar-refractivity contribution in [1.82, 2.24) is 41.0 Å². The molecule has 4 rings (SSSR count). The largest absolute Gasteiger partial charge is 0.387 e. The lowest BCUT2D eigenvalue weighted by Crippen LogP contribution is -2.58. The standard InChI is InChI=1S/C46H56F2N10O11/c1-26(60)53-33(20-36(49)61)44(68)55-34(21-37(50)62)45(69)54-32(43(67)52-16-15-51-38(63)24-58-39(64)12-13-40(58)65)14-17-57(41(66)25-59)42(46(2,3)4)35-18-28(30-19-29(47)10-11-31(30)48)23-56(35)22-27-8-6-5-7-9-27/h5-13,18-19,23,32-34,42,59H,14-17,20-22,24-25H2,1-4H3,(H2,49,61)(H2,50,62)(H,51,63)(H,52,67)(H,53,60)(H,54,69)(H,55,68)/t32-,33+,34-,42-/m0/s1. The lowest BCUT2D eigenvalue weighted by molar-refractivity contribution is -0.141. The quantitative estimate of drug-likeness (QED) is 0.0405. The molecule has 1 aromatic heterocycles. The maximum absolute atomic E-state index is 15.3. The molecule has 0 unspecified atom stereocenters. The zero-order valence-electron chi connectivity index (χ0n) is 38.4. The number of aliphatic hydroxyl groups excluding tert-OH is 1. The zero-order chi connectivity index (χ0) is 51.2. The average molecular weight is 963 g/mol. The molecule has 0 saturated heterocycles. The van der Waals surface area contributed by atoms with Crippen molar-refractivity contribution in [3.63, 3.8) is 0 Å². The van der Waals surface area contributed by atoms with Gasteiger partial charge in [-0.2, -0.15) is 0 Å². The molecule has 1 aliphatic heterocycles. The van der Waals surface area contributed by atoms with Gasteiger partial charge in [0, 0.05) is 68.3 Å². The van der Waals surface area contributed by atoms with E-state index in [-0.39, 0.29) is 30.8 Å².